The van der Waals surface area contributed by atoms with Crippen LogP contribution in [0.2, 0.25) is 0 Å². The van der Waals surface area contributed by atoms with Gasteiger partial charge in [-0.2, -0.15) is 0 Å². The molecule has 73 heavy (non-hydrogen) atoms. The summed E-state index contributed by atoms with van der Waals surface area (Å²) < 4.78 is 6.54. The Balaban J connectivity index is 0.879. The van der Waals surface area contributed by atoms with E-state index < -0.39 is 5.41 Å². The van der Waals surface area contributed by atoms with E-state index in [1.807, 2.05) is 0 Å². The number of anilines is 3. The van der Waals surface area contributed by atoms with Crippen molar-refractivity contribution < 1.29 is 4.42 Å². The third kappa shape index (κ3) is 7.02. The molecule has 1 aromatic heterocycles. The zero-order chi connectivity index (χ0) is 48.3. The van der Waals surface area contributed by atoms with Gasteiger partial charge in [0, 0.05) is 33.4 Å². The van der Waals surface area contributed by atoms with E-state index in [-0.39, 0.29) is 0 Å². The van der Waals surface area contributed by atoms with Crippen LogP contribution in [0.3, 0.4) is 0 Å². The van der Waals surface area contributed by atoms with Crippen LogP contribution in [0.5, 0.6) is 0 Å². The van der Waals surface area contributed by atoms with Gasteiger partial charge in [0.15, 0.2) is 0 Å². The summed E-state index contributed by atoms with van der Waals surface area (Å²) in [5.41, 5.74) is 21.4. The summed E-state index contributed by atoms with van der Waals surface area (Å²) in [6, 6.07) is 104. The maximum atomic E-state index is 6.54. The van der Waals surface area contributed by atoms with E-state index in [4.69, 9.17) is 4.42 Å². The number of benzene rings is 12. The molecule has 0 saturated carbocycles. The molecular formula is C71H47NO. The van der Waals surface area contributed by atoms with Gasteiger partial charge in [-0.15, -0.1) is 0 Å². The number of hydrogen-bond donors (Lipinski definition) is 0. The molecule has 0 radical (unpaired) electrons. The molecule has 14 rings (SSSR count). The summed E-state index contributed by atoms with van der Waals surface area (Å²) in [4.78, 5) is 2.42. The van der Waals surface area contributed by atoms with Crippen LogP contribution in [0.4, 0.5) is 17.1 Å². The molecule has 1 aliphatic rings. The Kier molecular flexibility index (Phi) is 10.1. The lowest BCUT2D eigenvalue weighted by atomic mass is 9.67. The van der Waals surface area contributed by atoms with Gasteiger partial charge in [-0.05, 0) is 138 Å². The van der Waals surface area contributed by atoms with Crippen molar-refractivity contribution in [1.82, 2.24) is 0 Å². The van der Waals surface area contributed by atoms with Crippen molar-refractivity contribution in [2.45, 2.75) is 5.41 Å². The predicted octanol–water partition coefficient (Wildman–Crippen LogP) is 19.2. The molecule has 1 aliphatic carbocycles. The van der Waals surface area contributed by atoms with E-state index in [2.05, 4.69) is 290 Å². The van der Waals surface area contributed by atoms with Crippen LogP contribution in [-0.2, 0) is 5.41 Å². The molecule has 12 aromatic carbocycles. The molecule has 2 heteroatoms. The highest BCUT2D eigenvalue weighted by atomic mass is 16.3. The molecular weight excluding hydrogens is 883 g/mol. The standard InChI is InChI=1S/C71H47NO/c1-4-17-50(18-5-1)62-30-16-31-65-66-46-54(37-44-69(66)73-70(62)65)53-22-14-21-52(45-53)48-33-38-57(39-34-48)72(58-40-35-51(36-41-58)61-29-15-20-49-19-10-11-27-60(49)61)59-42-43-64-63-28-12-13-32-67(63)71(68(64)47-59,55-23-6-2-7-24-55)56-25-8-3-9-26-56/h1-47H. The minimum absolute atomic E-state index is 0.524. The van der Waals surface area contributed by atoms with Crippen molar-refractivity contribution in [2.75, 3.05) is 4.90 Å². The van der Waals surface area contributed by atoms with E-state index in [9.17, 15) is 0 Å². The molecule has 13 aromatic rings. The van der Waals surface area contributed by atoms with Crippen molar-refractivity contribution >= 4 is 49.8 Å². The summed E-state index contributed by atoms with van der Waals surface area (Å²) in [5.74, 6) is 0. The summed E-state index contributed by atoms with van der Waals surface area (Å²) in [5, 5.41) is 4.72. The van der Waals surface area contributed by atoms with Crippen LogP contribution in [0, 0.1) is 0 Å². The Bertz CT molecular complexity index is 4130. The second kappa shape index (κ2) is 17.4. The van der Waals surface area contributed by atoms with Crippen LogP contribution in [0.15, 0.2) is 290 Å². The summed E-state index contributed by atoms with van der Waals surface area (Å²) in [6.07, 6.45) is 0. The quantitative estimate of drug-likeness (QED) is 0.143. The fourth-order valence-electron chi connectivity index (χ4n) is 11.8. The van der Waals surface area contributed by atoms with Crippen LogP contribution >= 0.6 is 0 Å². The first-order chi connectivity index (χ1) is 36.2. The monoisotopic (exact) mass is 929 g/mol. The Morgan fingerprint density at radius 3 is 1.52 bits per heavy atom. The van der Waals surface area contributed by atoms with Gasteiger partial charge < -0.3 is 9.32 Å². The number of para-hydroxylation sites is 1. The molecule has 0 fully saturated rings. The van der Waals surface area contributed by atoms with E-state index in [0.717, 1.165) is 72.4 Å². The van der Waals surface area contributed by atoms with Crippen LogP contribution in [0.1, 0.15) is 22.3 Å². The molecule has 0 spiro atoms. The van der Waals surface area contributed by atoms with Gasteiger partial charge in [0.2, 0.25) is 0 Å². The molecule has 342 valence electrons. The lowest BCUT2D eigenvalue weighted by Crippen LogP contribution is -2.28. The van der Waals surface area contributed by atoms with Crippen LogP contribution < -0.4 is 4.90 Å². The average Bonchev–Trinajstić information content (AvgIpc) is 3.99. The van der Waals surface area contributed by atoms with E-state index in [0.29, 0.717) is 0 Å². The maximum absolute atomic E-state index is 6.54. The fraction of sp³-hybridized carbons (Fsp3) is 0.0141. The van der Waals surface area contributed by atoms with E-state index in [1.165, 1.54) is 55.3 Å². The lowest BCUT2D eigenvalue weighted by molar-refractivity contribution is 0.670. The molecule has 0 aliphatic heterocycles. The van der Waals surface area contributed by atoms with Gasteiger partial charge in [0.1, 0.15) is 11.2 Å². The SMILES string of the molecule is c1ccc(-c2cccc3c2oc2ccc(-c4cccc(-c5ccc(N(c6ccc(-c7cccc8ccccc78)cc6)c6ccc7c(c6)C(c6ccccc6)(c6ccccc6)c6ccccc6-7)cc5)c4)cc23)cc1. The fourth-order valence-corrected chi connectivity index (χ4v) is 11.8. The van der Waals surface area contributed by atoms with Crippen molar-refractivity contribution in [2.24, 2.45) is 0 Å². The largest absolute Gasteiger partial charge is 0.455 e. The lowest BCUT2D eigenvalue weighted by Gasteiger charge is -2.35. The Hall–Kier alpha value is -9.50. The highest BCUT2D eigenvalue weighted by molar-refractivity contribution is 6.10. The first kappa shape index (κ1) is 42.4. The van der Waals surface area contributed by atoms with Crippen LogP contribution in [-0.4, -0.2) is 0 Å². The first-order valence-corrected chi connectivity index (χ1v) is 25.1. The molecule has 0 saturated heterocycles. The van der Waals surface area contributed by atoms with Gasteiger partial charge in [-0.3, -0.25) is 0 Å². The highest BCUT2D eigenvalue weighted by Crippen LogP contribution is 2.57. The van der Waals surface area contributed by atoms with Gasteiger partial charge in [0.25, 0.3) is 0 Å². The summed E-state index contributed by atoms with van der Waals surface area (Å²) in [6.45, 7) is 0. The third-order valence-corrected chi connectivity index (χ3v) is 15.2. The van der Waals surface area contributed by atoms with E-state index >= 15 is 0 Å². The van der Waals surface area contributed by atoms with Crippen molar-refractivity contribution in [3.8, 4) is 55.6 Å². The Labute approximate surface area is 425 Å². The second-order valence-corrected chi connectivity index (χ2v) is 19.2. The second-order valence-electron chi connectivity index (χ2n) is 19.2. The maximum Gasteiger partial charge on any atom is 0.143 e. The molecule has 0 atom stereocenters. The number of furan rings is 1. The van der Waals surface area contributed by atoms with Gasteiger partial charge in [-0.25, -0.2) is 0 Å². The van der Waals surface area contributed by atoms with Crippen LogP contribution in [0.25, 0.3) is 88.3 Å². The summed E-state index contributed by atoms with van der Waals surface area (Å²) in [7, 11) is 0. The van der Waals surface area contributed by atoms with Crippen molar-refractivity contribution in [1.29, 1.82) is 0 Å². The number of fused-ring (bicyclic) bond motifs is 7. The van der Waals surface area contributed by atoms with E-state index in [1.54, 1.807) is 0 Å². The molecule has 0 amide bonds. The molecule has 0 N–H and O–H groups in total. The third-order valence-electron chi connectivity index (χ3n) is 15.2. The smallest absolute Gasteiger partial charge is 0.143 e. The first-order valence-electron chi connectivity index (χ1n) is 25.1. The molecule has 0 unspecified atom stereocenters. The molecule has 2 nitrogen and oxygen atoms in total. The average molecular weight is 930 g/mol. The van der Waals surface area contributed by atoms with Crippen molar-refractivity contribution in [3.63, 3.8) is 0 Å². The highest BCUT2D eigenvalue weighted by Gasteiger charge is 2.46. The number of rotatable bonds is 9. The molecule has 1 heterocycles. The molecule has 0 bridgehead atoms. The minimum atomic E-state index is -0.524. The predicted molar refractivity (Wildman–Crippen MR) is 305 cm³/mol. The zero-order valence-electron chi connectivity index (χ0n) is 40.0. The topological polar surface area (TPSA) is 16.4 Å². The normalized spacial score (nSPS) is 12.5. The Morgan fingerprint density at radius 1 is 0.274 bits per heavy atom. The van der Waals surface area contributed by atoms with Gasteiger partial charge in [0.05, 0.1) is 5.41 Å². The number of nitrogens with zero attached hydrogens (tertiary/aromatic N) is 1. The van der Waals surface area contributed by atoms with Crippen molar-refractivity contribution in [3.05, 3.63) is 307 Å². The summed E-state index contributed by atoms with van der Waals surface area (Å²) >= 11 is 0. The Morgan fingerprint density at radius 2 is 0.767 bits per heavy atom. The number of hydrogen-bond acceptors (Lipinski definition) is 2. The van der Waals surface area contributed by atoms with Gasteiger partial charge in [-0.1, -0.05) is 231 Å². The zero-order valence-corrected chi connectivity index (χ0v) is 40.0. The minimum Gasteiger partial charge on any atom is -0.455 e. The van der Waals surface area contributed by atoms with Gasteiger partial charge >= 0.3 is 0 Å².